The van der Waals surface area contributed by atoms with Crippen LogP contribution in [-0.4, -0.2) is 38.7 Å². The monoisotopic (exact) mass is 394 g/mol. The van der Waals surface area contributed by atoms with E-state index in [1.54, 1.807) is 24.3 Å². The number of ether oxygens (including phenoxy) is 1. The molecule has 0 radical (unpaired) electrons. The van der Waals surface area contributed by atoms with Gasteiger partial charge in [0.15, 0.2) is 6.61 Å². The van der Waals surface area contributed by atoms with Crippen LogP contribution in [0.5, 0.6) is 0 Å². The normalized spacial score (nSPS) is 12.2. The number of thiophene rings is 1. The van der Waals surface area contributed by atoms with Crippen molar-refractivity contribution in [1.29, 1.82) is 5.26 Å². The molecule has 1 N–H and O–H groups in total. The van der Waals surface area contributed by atoms with Crippen molar-refractivity contribution in [3.8, 4) is 11.8 Å². The van der Waals surface area contributed by atoms with E-state index in [1.807, 2.05) is 0 Å². The largest absolute Gasteiger partial charge is 0.452 e. The number of rotatable bonds is 5. The third kappa shape index (κ3) is 3.47. The SMILES string of the molecule is N#Cc1c(NC(=O)COC(=O)c2ccc(-n3cnnn3)cc2)sc2c1CCC2. The minimum Gasteiger partial charge on any atom is -0.452 e. The Bertz CT molecular complexity index is 1070. The Morgan fingerprint density at radius 1 is 1.29 bits per heavy atom. The third-order valence-corrected chi connectivity index (χ3v) is 5.54. The van der Waals surface area contributed by atoms with E-state index in [2.05, 4.69) is 26.9 Å². The van der Waals surface area contributed by atoms with E-state index in [-0.39, 0.29) is 0 Å². The van der Waals surface area contributed by atoms with Gasteiger partial charge in [-0.25, -0.2) is 9.48 Å². The van der Waals surface area contributed by atoms with Crippen LogP contribution in [0.2, 0.25) is 0 Å². The van der Waals surface area contributed by atoms with Gasteiger partial charge in [-0.3, -0.25) is 4.79 Å². The second-order valence-electron chi connectivity index (χ2n) is 6.10. The fourth-order valence-electron chi connectivity index (χ4n) is 3.02. The third-order valence-electron chi connectivity index (χ3n) is 4.34. The van der Waals surface area contributed by atoms with E-state index < -0.39 is 18.5 Å². The zero-order valence-electron chi connectivity index (χ0n) is 14.6. The standard InChI is InChI=1S/C18H14N6O3S/c19-8-14-13-2-1-3-15(13)28-17(14)21-16(25)9-27-18(26)11-4-6-12(7-5-11)24-10-20-22-23-24/h4-7,10H,1-3,9H2,(H,21,25). The number of hydrogen-bond acceptors (Lipinski definition) is 8. The second-order valence-corrected chi connectivity index (χ2v) is 7.20. The van der Waals surface area contributed by atoms with Gasteiger partial charge in [0, 0.05) is 4.88 Å². The minimum absolute atomic E-state index is 0.303. The number of hydrogen-bond donors (Lipinski definition) is 1. The van der Waals surface area contributed by atoms with Crippen molar-refractivity contribution in [2.45, 2.75) is 19.3 Å². The molecular formula is C18H14N6O3S. The number of carbonyl (C=O) groups is 2. The number of aromatic nitrogens is 4. The predicted molar refractivity (Wildman–Crippen MR) is 99.1 cm³/mol. The summed E-state index contributed by atoms with van der Waals surface area (Å²) in [5, 5.41) is 23.4. The fraction of sp³-hybridized carbons (Fsp3) is 0.222. The molecule has 1 aliphatic carbocycles. The van der Waals surface area contributed by atoms with Gasteiger partial charge in [0.05, 0.1) is 16.8 Å². The number of fused-ring (bicyclic) bond motifs is 1. The zero-order valence-corrected chi connectivity index (χ0v) is 15.4. The summed E-state index contributed by atoms with van der Waals surface area (Å²) in [6.07, 6.45) is 4.27. The van der Waals surface area contributed by atoms with Crippen LogP contribution in [0.3, 0.4) is 0 Å². The molecule has 0 atom stereocenters. The molecule has 0 unspecified atom stereocenters. The molecule has 4 rings (SSSR count). The second kappa shape index (κ2) is 7.58. The molecule has 1 aliphatic rings. The first-order valence-electron chi connectivity index (χ1n) is 8.50. The van der Waals surface area contributed by atoms with Crippen LogP contribution >= 0.6 is 11.3 Å². The Labute approximate surface area is 163 Å². The smallest absolute Gasteiger partial charge is 0.338 e. The van der Waals surface area contributed by atoms with E-state index in [0.717, 1.165) is 29.7 Å². The van der Waals surface area contributed by atoms with Crippen LogP contribution in [0.1, 0.15) is 32.8 Å². The topological polar surface area (TPSA) is 123 Å². The van der Waals surface area contributed by atoms with Crippen molar-refractivity contribution >= 4 is 28.2 Å². The number of aryl methyl sites for hydroxylation is 1. The molecule has 2 heterocycles. The number of benzene rings is 1. The molecule has 0 bridgehead atoms. The Hall–Kier alpha value is -3.58. The Kier molecular flexibility index (Phi) is 4.82. The molecule has 0 saturated carbocycles. The van der Waals surface area contributed by atoms with Gasteiger partial charge in [0.2, 0.25) is 0 Å². The quantitative estimate of drug-likeness (QED) is 0.655. The number of nitrogens with zero attached hydrogens (tertiary/aromatic N) is 5. The highest BCUT2D eigenvalue weighted by Crippen LogP contribution is 2.38. The molecular weight excluding hydrogens is 380 g/mol. The summed E-state index contributed by atoms with van der Waals surface area (Å²) in [5.41, 5.74) is 2.55. The molecule has 3 aromatic rings. The fourth-order valence-corrected chi connectivity index (χ4v) is 4.27. The lowest BCUT2D eigenvalue weighted by Gasteiger charge is -2.06. The van der Waals surface area contributed by atoms with Crippen LogP contribution in [-0.2, 0) is 22.4 Å². The number of nitrogens with one attached hydrogen (secondary N) is 1. The van der Waals surface area contributed by atoms with Crippen molar-refractivity contribution in [2.75, 3.05) is 11.9 Å². The van der Waals surface area contributed by atoms with E-state index in [0.29, 0.717) is 21.8 Å². The Balaban J connectivity index is 1.35. The summed E-state index contributed by atoms with van der Waals surface area (Å²) >= 11 is 1.42. The van der Waals surface area contributed by atoms with Gasteiger partial charge in [-0.1, -0.05) is 0 Å². The van der Waals surface area contributed by atoms with Gasteiger partial charge in [-0.05, 0) is 59.5 Å². The molecule has 0 saturated heterocycles. The summed E-state index contributed by atoms with van der Waals surface area (Å²) in [4.78, 5) is 25.4. The Morgan fingerprint density at radius 2 is 2.11 bits per heavy atom. The summed E-state index contributed by atoms with van der Waals surface area (Å²) in [7, 11) is 0. The first-order chi connectivity index (χ1) is 13.7. The molecule has 1 aromatic carbocycles. The summed E-state index contributed by atoms with van der Waals surface area (Å²) in [5.74, 6) is -1.09. The number of tetrazole rings is 1. The summed E-state index contributed by atoms with van der Waals surface area (Å²) in [6, 6.07) is 8.62. The van der Waals surface area contributed by atoms with Gasteiger partial charge < -0.3 is 10.1 Å². The number of anilines is 1. The predicted octanol–water partition coefficient (Wildman–Crippen LogP) is 1.88. The van der Waals surface area contributed by atoms with Crippen LogP contribution < -0.4 is 5.32 Å². The van der Waals surface area contributed by atoms with Gasteiger partial charge in [-0.2, -0.15) is 5.26 Å². The maximum absolute atomic E-state index is 12.1. The lowest BCUT2D eigenvalue weighted by molar-refractivity contribution is -0.119. The molecule has 28 heavy (non-hydrogen) atoms. The first-order valence-corrected chi connectivity index (χ1v) is 9.32. The molecule has 0 aliphatic heterocycles. The number of carbonyl (C=O) groups excluding carboxylic acids is 2. The van der Waals surface area contributed by atoms with E-state index in [9.17, 15) is 14.9 Å². The molecule has 10 heteroatoms. The Morgan fingerprint density at radius 3 is 2.82 bits per heavy atom. The maximum atomic E-state index is 12.1. The highest BCUT2D eigenvalue weighted by Gasteiger charge is 2.23. The van der Waals surface area contributed by atoms with Gasteiger partial charge >= 0.3 is 5.97 Å². The van der Waals surface area contributed by atoms with E-state index >= 15 is 0 Å². The van der Waals surface area contributed by atoms with E-state index in [4.69, 9.17) is 4.74 Å². The lowest BCUT2D eigenvalue weighted by Crippen LogP contribution is -2.21. The van der Waals surface area contributed by atoms with Gasteiger partial charge in [0.1, 0.15) is 17.4 Å². The molecule has 0 fully saturated rings. The average molecular weight is 394 g/mol. The van der Waals surface area contributed by atoms with Crippen LogP contribution in [0.4, 0.5) is 5.00 Å². The summed E-state index contributed by atoms with van der Waals surface area (Å²) < 4.78 is 6.52. The van der Waals surface area contributed by atoms with Crippen molar-refractivity contribution in [3.05, 3.63) is 52.2 Å². The number of amides is 1. The van der Waals surface area contributed by atoms with Crippen LogP contribution in [0.25, 0.3) is 5.69 Å². The first kappa shape index (κ1) is 17.8. The minimum atomic E-state index is -0.618. The molecule has 2 aromatic heterocycles. The zero-order chi connectivity index (χ0) is 19.5. The molecule has 1 amide bonds. The lowest BCUT2D eigenvalue weighted by atomic mass is 10.1. The van der Waals surface area contributed by atoms with Crippen molar-refractivity contribution < 1.29 is 14.3 Å². The molecule has 0 spiro atoms. The number of esters is 1. The molecule has 140 valence electrons. The average Bonchev–Trinajstić information content (AvgIpc) is 3.44. The van der Waals surface area contributed by atoms with Crippen molar-refractivity contribution in [3.63, 3.8) is 0 Å². The summed E-state index contributed by atoms with van der Waals surface area (Å²) in [6.45, 7) is -0.430. The van der Waals surface area contributed by atoms with Crippen molar-refractivity contribution in [1.82, 2.24) is 20.2 Å². The van der Waals surface area contributed by atoms with Gasteiger partial charge in [-0.15, -0.1) is 16.4 Å². The van der Waals surface area contributed by atoms with Crippen LogP contribution in [0, 0.1) is 11.3 Å². The van der Waals surface area contributed by atoms with E-state index in [1.165, 1.54) is 22.3 Å². The van der Waals surface area contributed by atoms with Crippen molar-refractivity contribution in [2.24, 2.45) is 0 Å². The molecule has 9 nitrogen and oxygen atoms in total. The van der Waals surface area contributed by atoms with Gasteiger partial charge in [0.25, 0.3) is 5.91 Å². The maximum Gasteiger partial charge on any atom is 0.338 e. The highest BCUT2D eigenvalue weighted by atomic mass is 32.1. The number of nitriles is 1. The highest BCUT2D eigenvalue weighted by molar-refractivity contribution is 7.16. The van der Waals surface area contributed by atoms with Crippen LogP contribution in [0.15, 0.2) is 30.6 Å².